The van der Waals surface area contributed by atoms with Crippen molar-refractivity contribution in [1.82, 2.24) is 14.5 Å². The van der Waals surface area contributed by atoms with Crippen molar-refractivity contribution in [3.8, 4) is 23.2 Å². The second kappa shape index (κ2) is 9.18. The number of ether oxygens (including phenoxy) is 1. The lowest BCUT2D eigenvalue weighted by Crippen LogP contribution is -2.00. The van der Waals surface area contributed by atoms with E-state index in [0.29, 0.717) is 23.1 Å². The fraction of sp³-hybridized carbons (Fsp3) is 0.212. The topological polar surface area (TPSA) is 60.2 Å². The highest BCUT2D eigenvalue weighted by molar-refractivity contribution is 6.09. The number of aryl methyl sites for hydroxylation is 1. The van der Waals surface area contributed by atoms with Crippen molar-refractivity contribution in [3.05, 3.63) is 95.7 Å². The lowest BCUT2D eigenvalue weighted by molar-refractivity contribution is 0.459. The summed E-state index contributed by atoms with van der Waals surface area (Å²) in [4.78, 5) is 9.45. The molecule has 5 heteroatoms. The molecule has 3 aromatic carbocycles. The first kappa shape index (κ1) is 24.0. The van der Waals surface area contributed by atoms with E-state index in [0.717, 1.165) is 49.7 Å². The van der Waals surface area contributed by atoms with Crippen molar-refractivity contribution in [2.45, 2.75) is 46.5 Å². The zero-order valence-electron chi connectivity index (χ0n) is 22.4. The minimum absolute atomic E-state index is 0.180. The molecule has 1 N–H and O–H groups in total. The molecule has 0 amide bonds. The molecule has 6 rings (SSSR count). The molecule has 3 aromatic heterocycles. The number of para-hydroxylation sites is 1. The number of phenols is 1. The molecule has 0 fully saturated rings. The summed E-state index contributed by atoms with van der Waals surface area (Å²) >= 11 is 0. The molecule has 0 aliphatic carbocycles. The normalized spacial score (nSPS) is 11.9. The molecule has 0 aliphatic rings. The Balaban J connectivity index is 1.52. The molecule has 6 aromatic rings. The predicted molar refractivity (Wildman–Crippen MR) is 155 cm³/mol. The van der Waals surface area contributed by atoms with Gasteiger partial charge in [0.15, 0.2) is 0 Å². The Bertz CT molecular complexity index is 1830. The van der Waals surface area contributed by atoms with Gasteiger partial charge in [-0.3, -0.25) is 4.57 Å². The molecule has 0 spiro atoms. The number of rotatable bonds is 5. The van der Waals surface area contributed by atoms with Gasteiger partial charge in [-0.1, -0.05) is 52.0 Å². The standard InChI is InChI=1S/C33H31N3O2/c1-19(2)22-15-27-26(20(3)4)18-31(35-32(27)30(37)16-22)38-23-12-13-25-24-10-6-7-11-28(24)36(29(25)17-23)33-21(5)9-8-14-34-33/h6-20,37H,1-5H3. The SMILES string of the molecule is Cc1cccnc1-n1c2ccccc2c2ccc(Oc3cc(C(C)C)c4cc(C(C)C)cc(O)c4n3)cc21. The molecule has 0 saturated heterocycles. The van der Waals surface area contributed by atoms with Gasteiger partial charge in [-0.25, -0.2) is 9.97 Å². The largest absolute Gasteiger partial charge is 0.506 e. The number of hydrogen-bond donors (Lipinski definition) is 1. The van der Waals surface area contributed by atoms with Crippen LogP contribution < -0.4 is 4.74 Å². The molecule has 0 saturated carbocycles. The fourth-order valence-corrected chi connectivity index (χ4v) is 5.27. The van der Waals surface area contributed by atoms with Crippen molar-refractivity contribution < 1.29 is 9.84 Å². The molecule has 5 nitrogen and oxygen atoms in total. The zero-order chi connectivity index (χ0) is 26.6. The van der Waals surface area contributed by atoms with Crippen molar-refractivity contribution in [2.75, 3.05) is 0 Å². The van der Waals surface area contributed by atoms with E-state index in [9.17, 15) is 5.11 Å². The van der Waals surface area contributed by atoms with Crippen LogP contribution in [0.1, 0.15) is 56.2 Å². The highest BCUT2D eigenvalue weighted by atomic mass is 16.5. The summed E-state index contributed by atoms with van der Waals surface area (Å²) in [5, 5.41) is 14.1. The second-order valence-corrected chi connectivity index (χ2v) is 10.6. The second-order valence-electron chi connectivity index (χ2n) is 10.6. The predicted octanol–water partition coefficient (Wildman–Crippen LogP) is 8.78. The van der Waals surface area contributed by atoms with Crippen molar-refractivity contribution >= 4 is 32.7 Å². The maximum absolute atomic E-state index is 10.9. The summed E-state index contributed by atoms with van der Waals surface area (Å²) in [6.07, 6.45) is 1.83. The summed E-state index contributed by atoms with van der Waals surface area (Å²) in [6.45, 7) is 10.6. The van der Waals surface area contributed by atoms with E-state index >= 15 is 0 Å². The average Bonchev–Trinajstić information content (AvgIpc) is 3.22. The average molecular weight is 502 g/mol. The lowest BCUT2D eigenvalue weighted by Gasteiger charge is -2.16. The molecule has 0 radical (unpaired) electrons. The summed E-state index contributed by atoms with van der Waals surface area (Å²) in [5.74, 6) is 2.76. The van der Waals surface area contributed by atoms with Crippen molar-refractivity contribution in [2.24, 2.45) is 0 Å². The maximum atomic E-state index is 10.9. The number of nitrogens with zero attached hydrogens (tertiary/aromatic N) is 3. The van der Waals surface area contributed by atoms with E-state index in [4.69, 9.17) is 14.7 Å². The van der Waals surface area contributed by atoms with Gasteiger partial charge in [0, 0.05) is 34.5 Å². The minimum atomic E-state index is 0.180. The van der Waals surface area contributed by atoms with E-state index in [1.54, 1.807) is 0 Å². The van der Waals surface area contributed by atoms with Gasteiger partial charge in [0.25, 0.3) is 0 Å². The summed E-state index contributed by atoms with van der Waals surface area (Å²) in [7, 11) is 0. The number of aromatic nitrogens is 3. The van der Waals surface area contributed by atoms with Gasteiger partial charge < -0.3 is 9.84 Å². The van der Waals surface area contributed by atoms with Crippen LogP contribution in [0.5, 0.6) is 17.4 Å². The van der Waals surface area contributed by atoms with Gasteiger partial charge in [0.2, 0.25) is 5.88 Å². The van der Waals surface area contributed by atoms with Crippen LogP contribution in [0.15, 0.2) is 79.0 Å². The van der Waals surface area contributed by atoms with Crippen LogP contribution in [-0.2, 0) is 0 Å². The number of aromatic hydroxyl groups is 1. The molecular weight excluding hydrogens is 470 g/mol. The first-order valence-corrected chi connectivity index (χ1v) is 13.1. The van der Waals surface area contributed by atoms with E-state index in [2.05, 4.69) is 81.7 Å². The zero-order valence-corrected chi connectivity index (χ0v) is 22.4. The van der Waals surface area contributed by atoms with Gasteiger partial charge in [-0.05, 0) is 71.8 Å². The Kier molecular flexibility index (Phi) is 5.79. The molecule has 190 valence electrons. The number of hydrogen-bond acceptors (Lipinski definition) is 4. The van der Waals surface area contributed by atoms with Crippen molar-refractivity contribution in [1.29, 1.82) is 0 Å². The summed E-state index contributed by atoms with van der Waals surface area (Å²) in [6, 6.07) is 24.5. The summed E-state index contributed by atoms with van der Waals surface area (Å²) < 4.78 is 8.57. The van der Waals surface area contributed by atoms with Gasteiger partial charge in [-0.2, -0.15) is 0 Å². The van der Waals surface area contributed by atoms with Crippen LogP contribution in [0.4, 0.5) is 0 Å². The number of pyridine rings is 2. The highest BCUT2D eigenvalue weighted by Crippen LogP contribution is 2.38. The van der Waals surface area contributed by atoms with Gasteiger partial charge in [0.05, 0.1) is 11.0 Å². The van der Waals surface area contributed by atoms with Gasteiger partial charge >= 0.3 is 0 Å². The Morgan fingerprint density at radius 1 is 0.789 bits per heavy atom. The van der Waals surface area contributed by atoms with Crippen LogP contribution in [0, 0.1) is 6.92 Å². The molecule has 3 heterocycles. The third kappa shape index (κ3) is 3.95. The van der Waals surface area contributed by atoms with E-state index < -0.39 is 0 Å². The smallest absolute Gasteiger partial charge is 0.220 e. The molecule has 38 heavy (non-hydrogen) atoms. The van der Waals surface area contributed by atoms with Crippen LogP contribution in [0.2, 0.25) is 0 Å². The Labute approximate surface area is 222 Å². The molecule has 0 atom stereocenters. The minimum Gasteiger partial charge on any atom is -0.506 e. The van der Waals surface area contributed by atoms with Crippen LogP contribution in [0.25, 0.3) is 38.5 Å². The Morgan fingerprint density at radius 3 is 2.34 bits per heavy atom. The molecule has 0 bridgehead atoms. The van der Waals surface area contributed by atoms with E-state index in [1.165, 1.54) is 0 Å². The highest BCUT2D eigenvalue weighted by Gasteiger charge is 2.18. The third-order valence-corrected chi connectivity index (χ3v) is 7.27. The fourth-order valence-electron chi connectivity index (χ4n) is 5.27. The van der Waals surface area contributed by atoms with Gasteiger partial charge in [-0.15, -0.1) is 0 Å². The Morgan fingerprint density at radius 2 is 1.58 bits per heavy atom. The van der Waals surface area contributed by atoms with E-state index in [-0.39, 0.29) is 11.7 Å². The number of phenolic OH excluding ortho intramolecular Hbond substituents is 1. The molecular formula is C33H31N3O2. The maximum Gasteiger partial charge on any atom is 0.220 e. The molecule has 0 unspecified atom stereocenters. The lowest BCUT2D eigenvalue weighted by atomic mass is 9.94. The van der Waals surface area contributed by atoms with Gasteiger partial charge in [0.1, 0.15) is 22.8 Å². The Hall–Kier alpha value is -4.38. The quantitative estimate of drug-likeness (QED) is 0.256. The molecule has 0 aliphatic heterocycles. The monoisotopic (exact) mass is 501 g/mol. The van der Waals surface area contributed by atoms with Crippen LogP contribution in [-0.4, -0.2) is 19.6 Å². The van der Waals surface area contributed by atoms with Crippen LogP contribution >= 0.6 is 0 Å². The first-order chi connectivity index (χ1) is 18.3. The summed E-state index contributed by atoms with van der Waals surface area (Å²) in [5.41, 5.74) is 5.96. The number of benzene rings is 3. The van der Waals surface area contributed by atoms with Crippen LogP contribution in [0.3, 0.4) is 0 Å². The third-order valence-electron chi connectivity index (χ3n) is 7.27. The first-order valence-electron chi connectivity index (χ1n) is 13.1. The number of fused-ring (bicyclic) bond motifs is 4. The van der Waals surface area contributed by atoms with E-state index in [1.807, 2.05) is 36.5 Å². The van der Waals surface area contributed by atoms with Crippen molar-refractivity contribution in [3.63, 3.8) is 0 Å².